The molecule has 0 spiro atoms. The molecule has 7 nitrogen and oxygen atoms in total. The zero-order valence-corrected chi connectivity index (χ0v) is 15.8. The number of carboxylic acid groups (broad SMARTS) is 1. The molecule has 2 rings (SSSR count). The number of carbonyl (C=O) groups excluding carboxylic acids is 2. The molecule has 0 atom stereocenters. The first-order chi connectivity index (χ1) is 12.8. The molecule has 0 saturated heterocycles. The third kappa shape index (κ3) is 5.70. The molecule has 0 aliphatic heterocycles. The molecule has 144 valence electrons. The minimum absolute atomic E-state index is 0.0939. The Labute approximate surface area is 158 Å². The van der Waals surface area contributed by atoms with Crippen LogP contribution in [0.1, 0.15) is 40.8 Å². The lowest BCUT2D eigenvalue weighted by Gasteiger charge is -2.23. The Kier molecular flexibility index (Phi) is 6.76. The molecular formula is C20H24N2O5. The number of furan rings is 1. The van der Waals surface area contributed by atoms with Crippen LogP contribution in [0.2, 0.25) is 0 Å². The van der Waals surface area contributed by atoms with Crippen molar-refractivity contribution in [2.75, 3.05) is 13.6 Å². The molecule has 0 saturated carbocycles. The van der Waals surface area contributed by atoms with Gasteiger partial charge in [0.25, 0.3) is 0 Å². The van der Waals surface area contributed by atoms with E-state index in [0.717, 1.165) is 5.56 Å². The highest BCUT2D eigenvalue weighted by molar-refractivity contribution is 5.88. The second-order valence-electron chi connectivity index (χ2n) is 6.41. The molecular weight excluding hydrogens is 348 g/mol. The van der Waals surface area contributed by atoms with Crippen LogP contribution in [0, 0.1) is 6.92 Å². The third-order valence-electron chi connectivity index (χ3n) is 4.28. The van der Waals surface area contributed by atoms with Crippen molar-refractivity contribution >= 4 is 17.8 Å². The second-order valence-corrected chi connectivity index (χ2v) is 6.41. The largest absolute Gasteiger partial charge is 0.478 e. The molecule has 0 aliphatic rings. The van der Waals surface area contributed by atoms with Crippen LogP contribution in [-0.2, 0) is 22.7 Å². The van der Waals surface area contributed by atoms with E-state index >= 15 is 0 Å². The van der Waals surface area contributed by atoms with Crippen LogP contribution < -0.4 is 0 Å². The lowest BCUT2D eigenvalue weighted by Crippen LogP contribution is -2.34. The number of hydrogen-bond acceptors (Lipinski definition) is 4. The summed E-state index contributed by atoms with van der Waals surface area (Å²) in [6, 6.07) is 11.0. The van der Waals surface area contributed by atoms with Gasteiger partial charge in [-0.05, 0) is 18.6 Å². The maximum absolute atomic E-state index is 12.4. The SMILES string of the molecule is CC(=O)N(CCC(=O)N(C)Cc1cc(C(=O)O)c(C)o1)Cc1ccccc1. The molecule has 0 aliphatic carbocycles. The van der Waals surface area contributed by atoms with Crippen molar-refractivity contribution in [2.24, 2.45) is 0 Å². The maximum atomic E-state index is 12.4. The number of rotatable bonds is 8. The van der Waals surface area contributed by atoms with Crippen LogP contribution >= 0.6 is 0 Å². The molecule has 1 heterocycles. The van der Waals surface area contributed by atoms with Gasteiger partial charge in [0.1, 0.15) is 17.1 Å². The lowest BCUT2D eigenvalue weighted by molar-refractivity contribution is -0.133. The number of carbonyl (C=O) groups is 3. The Hall–Kier alpha value is -3.09. The van der Waals surface area contributed by atoms with Gasteiger partial charge in [0.15, 0.2) is 0 Å². The highest BCUT2D eigenvalue weighted by atomic mass is 16.4. The van der Waals surface area contributed by atoms with E-state index in [-0.39, 0.29) is 30.3 Å². The summed E-state index contributed by atoms with van der Waals surface area (Å²) in [4.78, 5) is 38.4. The van der Waals surface area contributed by atoms with Gasteiger partial charge >= 0.3 is 5.97 Å². The van der Waals surface area contributed by atoms with Gasteiger partial charge in [0, 0.05) is 33.5 Å². The molecule has 0 fully saturated rings. The molecule has 7 heteroatoms. The first-order valence-electron chi connectivity index (χ1n) is 8.64. The fourth-order valence-electron chi connectivity index (χ4n) is 2.73. The summed E-state index contributed by atoms with van der Waals surface area (Å²) in [5.74, 6) is -0.589. The quantitative estimate of drug-likeness (QED) is 0.769. The minimum atomic E-state index is -1.06. The summed E-state index contributed by atoms with van der Waals surface area (Å²) >= 11 is 0. The van der Waals surface area contributed by atoms with Crippen molar-refractivity contribution in [3.05, 3.63) is 59.0 Å². The predicted octanol–water partition coefficient (Wildman–Crippen LogP) is 2.68. The average Bonchev–Trinajstić information content (AvgIpc) is 2.99. The van der Waals surface area contributed by atoms with E-state index in [4.69, 9.17) is 9.52 Å². The van der Waals surface area contributed by atoms with Crippen molar-refractivity contribution < 1.29 is 23.9 Å². The Bertz CT molecular complexity index is 813. The smallest absolute Gasteiger partial charge is 0.339 e. The van der Waals surface area contributed by atoms with Crippen LogP contribution in [-0.4, -0.2) is 46.3 Å². The maximum Gasteiger partial charge on any atom is 0.339 e. The molecule has 2 amide bonds. The van der Waals surface area contributed by atoms with E-state index in [0.29, 0.717) is 24.6 Å². The molecule has 1 N–H and O–H groups in total. The molecule has 0 radical (unpaired) electrons. The van der Waals surface area contributed by atoms with E-state index in [1.165, 1.54) is 17.9 Å². The summed E-state index contributed by atoms with van der Waals surface area (Å²) in [6.45, 7) is 3.99. The minimum Gasteiger partial charge on any atom is -0.478 e. The zero-order valence-electron chi connectivity index (χ0n) is 15.8. The first kappa shape index (κ1) is 20.2. The van der Waals surface area contributed by atoms with Crippen LogP contribution in [0.15, 0.2) is 40.8 Å². The average molecular weight is 372 g/mol. The third-order valence-corrected chi connectivity index (χ3v) is 4.28. The van der Waals surface area contributed by atoms with Crippen molar-refractivity contribution in [2.45, 2.75) is 33.4 Å². The fraction of sp³-hybridized carbons (Fsp3) is 0.350. The number of benzene rings is 1. The van der Waals surface area contributed by atoms with E-state index in [1.807, 2.05) is 30.3 Å². The van der Waals surface area contributed by atoms with E-state index in [9.17, 15) is 14.4 Å². The van der Waals surface area contributed by atoms with Crippen LogP contribution in [0.5, 0.6) is 0 Å². The Balaban J connectivity index is 1.91. The summed E-state index contributed by atoms with van der Waals surface area (Å²) in [6.07, 6.45) is 0.175. The molecule has 2 aromatic rings. The lowest BCUT2D eigenvalue weighted by atomic mass is 10.2. The van der Waals surface area contributed by atoms with Gasteiger partial charge in [-0.3, -0.25) is 9.59 Å². The van der Waals surface area contributed by atoms with Gasteiger partial charge in [-0.25, -0.2) is 4.79 Å². The van der Waals surface area contributed by atoms with Crippen molar-refractivity contribution in [1.29, 1.82) is 0 Å². The summed E-state index contributed by atoms with van der Waals surface area (Å²) in [7, 11) is 1.62. The van der Waals surface area contributed by atoms with Gasteiger partial charge in [0.2, 0.25) is 11.8 Å². The van der Waals surface area contributed by atoms with Crippen molar-refractivity contribution in [1.82, 2.24) is 9.80 Å². The number of aryl methyl sites for hydroxylation is 1. The summed E-state index contributed by atoms with van der Waals surface area (Å²) in [5.41, 5.74) is 1.09. The predicted molar refractivity (Wildman–Crippen MR) is 99.0 cm³/mol. The summed E-state index contributed by atoms with van der Waals surface area (Å²) < 4.78 is 5.40. The van der Waals surface area contributed by atoms with Gasteiger partial charge in [-0.15, -0.1) is 0 Å². The monoisotopic (exact) mass is 372 g/mol. The molecule has 27 heavy (non-hydrogen) atoms. The molecule has 1 aromatic heterocycles. The highest BCUT2D eigenvalue weighted by Crippen LogP contribution is 2.16. The highest BCUT2D eigenvalue weighted by Gasteiger charge is 2.18. The number of amides is 2. The Morgan fingerprint density at radius 1 is 1.11 bits per heavy atom. The van der Waals surface area contributed by atoms with Crippen LogP contribution in [0.3, 0.4) is 0 Å². The van der Waals surface area contributed by atoms with E-state index in [1.54, 1.807) is 18.9 Å². The van der Waals surface area contributed by atoms with Crippen molar-refractivity contribution in [3.8, 4) is 0 Å². The van der Waals surface area contributed by atoms with Crippen LogP contribution in [0.25, 0.3) is 0 Å². The summed E-state index contributed by atoms with van der Waals surface area (Å²) in [5, 5.41) is 9.06. The number of nitrogens with zero attached hydrogens (tertiary/aromatic N) is 2. The standard InChI is InChI=1S/C20H24N2O5/c1-14-18(20(25)26)11-17(27-14)13-21(3)19(24)9-10-22(15(2)23)12-16-7-5-4-6-8-16/h4-8,11H,9-10,12-13H2,1-3H3,(H,25,26). The molecule has 0 bridgehead atoms. The van der Waals surface area contributed by atoms with Crippen LogP contribution in [0.4, 0.5) is 0 Å². The van der Waals surface area contributed by atoms with Gasteiger partial charge < -0.3 is 19.3 Å². The molecule has 0 unspecified atom stereocenters. The fourth-order valence-corrected chi connectivity index (χ4v) is 2.73. The number of carboxylic acids is 1. The molecule has 1 aromatic carbocycles. The number of hydrogen-bond donors (Lipinski definition) is 1. The Morgan fingerprint density at radius 2 is 1.78 bits per heavy atom. The van der Waals surface area contributed by atoms with Gasteiger partial charge in [0.05, 0.1) is 6.54 Å². The number of aromatic carboxylic acids is 1. The second kappa shape index (κ2) is 9.02. The zero-order chi connectivity index (χ0) is 20.0. The topological polar surface area (TPSA) is 91.1 Å². The van der Waals surface area contributed by atoms with E-state index in [2.05, 4.69) is 0 Å². The van der Waals surface area contributed by atoms with Gasteiger partial charge in [-0.2, -0.15) is 0 Å². The first-order valence-corrected chi connectivity index (χ1v) is 8.64. The van der Waals surface area contributed by atoms with Crippen molar-refractivity contribution in [3.63, 3.8) is 0 Å². The van der Waals surface area contributed by atoms with E-state index < -0.39 is 5.97 Å². The normalized spacial score (nSPS) is 10.5. The Morgan fingerprint density at radius 3 is 2.33 bits per heavy atom. The van der Waals surface area contributed by atoms with Gasteiger partial charge in [-0.1, -0.05) is 30.3 Å².